The largest absolute Gasteiger partial charge is 0.348 e. The van der Waals surface area contributed by atoms with Crippen LogP contribution in [-0.4, -0.2) is 18.4 Å². The lowest BCUT2D eigenvalue weighted by atomic mass is 9.98. The summed E-state index contributed by atoms with van der Waals surface area (Å²) < 4.78 is 0. The van der Waals surface area contributed by atoms with Crippen LogP contribution in [0.25, 0.3) is 0 Å². The molecule has 0 radical (unpaired) electrons. The number of anilines is 1. The molecule has 0 unspecified atom stereocenters. The molecule has 1 aliphatic heterocycles. The van der Waals surface area contributed by atoms with Crippen molar-refractivity contribution in [2.24, 2.45) is 0 Å². The first-order chi connectivity index (χ1) is 14.1. The van der Waals surface area contributed by atoms with Crippen molar-refractivity contribution < 1.29 is 9.59 Å². The molecular formula is C24H21ClN2O2. The van der Waals surface area contributed by atoms with Gasteiger partial charge in [0.15, 0.2) is 0 Å². The van der Waals surface area contributed by atoms with Crippen LogP contribution in [0.15, 0.2) is 72.8 Å². The van der Waals surface area contributed by atoms with E-state index in [9.17, 15) is 9.59 Å². The van der Waals surface area contributed by atoms with E-state index < -0.39 is 0 Å². The molecule has 4 nitrogen and oxygen atoms in total. The molecule has 2 amide bonds. The topological polar surface area (TPSA) is 49.4 Å². The van der Waals surface area contributed by atoms with E-state index in [1.54, 1.807) is 18.2 Å². The van der Waals surface area contributed by atoms with E-state index in [2.05, 4.69) is 5.32 Å². The minimum absolute atomic E-state index is 0.00788. The second-order valence-corrected chi connectivity index (χ2v) is 7.52. The van der Waals surface area contributed by atoms with Gasteiger partial charge in [-0.15, -0.1) is 0 Å². The summed E-state index contributed by atoms with van der Waals surface area (Å²) in [6.07, 6.45) is 1.73. The summed E-state index contributed by atoms with van der Waals surface area (Å²) in [5.74, 6) is -0.138. The Kier molecular flexibility index (Phi) is 5.63. The maximum atomic E-state index is 12.9. The molecule has 0 aliphatic carbocycles. The summed E-state index contributed by atoms with van der Waals surface area (Å²) in [6, 6.07) is 22.3. The molecule has 0 fully saturated rings. The van der Waals surface area contributed by atoms with Crippen LogP contribution in [0.2, 0.25) is 5.02 Å². The van der Waals surface area contributed by atoms with Gasteiger partial charge in [-0.2, -0.15) is 0 Å². The first-order valence-corrected chi connectivity index (χ1v) is 10.0. The molecule has 29 heavy (non-hydrogen) atoms. The number of carbonyl (C=O) groups excluding carboxylic acids is 2. The molecule has 1 heterocycles. The molecule has 0 saturated heterocycles. The van der Waals surface area contributed by atoms with E-state index in [-0.39, 0.29) is 11.8 Å². The first-order valence-electron chi connectivity index (χ1n) is 9.64. The number of nitrogens with zero attached hydrogens (tertiary/aromatic N) is 1. The van der Waals surface area contributed by atoms with Crippen LogP contribution in [-0.2, 0) is 13.0 Å². The van der Waals surface area contributed by atoms with E-state index in [1.807, 2.05) is 59.5 Å². The number of fused-ring (bicyclic) bond motifs is 1. The van der Waals surface area contributed by atoms with Crippen LogP contribution in [0.5, 0.6) is 0 Å². The molecule has 0 bridgehead atoms. The van der Waals surface area contributed by atoms with Gasteiger partial charge in [-0.05, 0) is 66.4 Å². The first kappa shape index (κ1) is 19.2. The van der Waals surface area contributed by atoms with Gasteiger partial charge in [0.25, 0.3) is 11.8 Å². The smallest absolute Gasteiger partial charge is 0.258 e. The van der Waals surface area contributed by atoms with Gasteiger partial charge in [-0.1, -0.05) is 41.9 Å². The number of rotatable bonds is 4. The molecule has 3 aromatic carbocycles. The quantitative estimate of drug-likeness (QED) is 0.674. The van der Waals surface area contributed by atoms with Gasteiger partial charge in [0.05, 0.1) is 0 Å². The number of hydrogen-bond donors (Lipinski definition) is 1. The molecule has 1 aliphatic rings. The lowest BCUT2D eigenvalue weighted by molar-refractivity contribution is 0.0950. The van der Waals surface area contributed by atoms with Gasteiger partial charge < -0.3 is 10.2 Å². The fraction of sp³-hybridized carbons (Fsp3) is 0.167. The predicted molar refractivity (Wildman–Crippen MR) is 116 cm³/mol. The predicted octanol–water partition coefficient (Wildman–Crippen LogP) is 4.86. The number of carbonyl (C=O) groups is 2. The van der Waals surface area contributed by atoms with E-state index in [0.717, 1.165) is 29.7 Å². The number of amides is 2. The zero-order valence-electron chi connectivity index (χ0n) is 15.9. The van der Waals surface area contributed by atoms with E-state index in [1.165, 1.54) is 0 Å². The van der Waals surface area contributed by atoms with Crippen molar-refractivity contribution in [3.63, 3.8) is 0 Å². The van der Waals surface area contributed by atoms with Crippen molar-refractivity contribution in [2.45, 2.75) is 19.4 Å². The van der Waals surface area contributed by atoms with Crippen LogP contribution in [0.1, 0.15) is 38.3 Å². The molecule has 0 spiro atoms. The highest BCUT2D eigenvalue weighted by molar-refractivity contribution is 6.30. The van der Waals surface area contributed by atoms with Gasteiger partial charge in [0.2, 0.25) is 0 Å². The lowest BCUT2D eigenvalue weighted by Gasteiger charge is -2.30. The summed E-state index contributed by atoms with van der Waals surface area (Å²) in [4.78, 5) is 27.3. The highest BCUT2D eigenvalue weighted by atomic mass is 35.5. The Labute approximate surface area is 175 Å². The third-order valence-electron chi connectivity index (χ3n) is 5.09. The number of halogens is 1. The molecule has 1 N–H and O–H groups in total. The van der Waals surface area contributed by atoms with Crippen molar-refractivity contribution in [3.05, 3.63) is 100 Å². The average Bonchev–Trinajstić information content (AvgIpc) is 2.77. The third kappa shape index (κ3) is 4.33. The van der Waals surface area contributed by atoms with Crippen LogP contribution in [0.4, 0.5) is 5.69 Å². The van der Waals surface area contributed by atoms with Crippen LogP contribution >= 0.6 is 11.6 Å². The van der Waals surface area contributed by atoms with E-state index in [4.69, 9.17) is 11.6 Å². The Balaban J connectivity index is 1.49. The van der Waals surface area contributed by atoms with Crippen LogP contribution < -0.4 is 10.2 Å². The molecule has 5 heteroatoms. The normalized spacial score (nSPS) is 12.9. The SMILES string of the molecule is O=C(NCc1ccc(Cl)cc1)c1ccc2c(c1)CCCN2C(=O)c1ccccc1. The number of aryl methyl sites for hydroxylation is 1. The Morgan fingerprint density at radius 2 is 1.69 bits per heavy atom. The van der Waals surface area contributed by atoms with Gasteiger partial charge in [-0.25, -0.2) is 0 Å². The summed E-state index contributed by atoms with van der Waals surface area (Å²) in [5, 5.41) is 3.61. The van der Waals surface area contributed by atoms with Gasteiger partial charge >= 0.3 is 0 Å². The zero-order valence-corrected chi connectivity index (χ0v) is 16.7. The Morgan fingerprint density at radius 3 is 2.45 bits per heavy atom. The average molecular weight is 405 g/mol. The van der Waals surface area contributed by atoms with Crippen molar-refractivity contribution in [1.82, 2.24) is 5.32 Å². The molecule has 0 atom stereocenters. The summed E-state index contributed by atoms with van der Waals surface area (Å²) in [6.45, 7) is 1.12. The van der Waals surface area contributed by atoms with Gasteiger partial charge in [0, 0.05) is 34.9 Å². The second kappa shape index (κ2) is 8.50. The fourth-order valence-corrected chi connectivity index (χ4v) is 3.70. The van der Waals surface area contributed by atoms with Crippen LogP contribution in [0.3, 0.4) is 0 Å². The maximum Gasteiger partial charge on any atom is 0.258 e. The summed E-state index contributed by atoms with van der Waals surface area (Å²) in [5.41, 5.74) is 4.18. The standard InChI is InChI=1S/C24H21ClN2O2/c25-21-11-8-17(9-12-21)16-26-23(28)20-10-13-22-19(15-20)7-4-14-27(22)24(29)18-5-2-1-3-6-18/h1-3,5-6,8-13,15H,4,7,14,16H2,(H,26,28). The minimum atomic E-state index is -0.130. The number of nitrogens with one attached hydrogen (secondary N) is 1. The van der Waals surface area contributed by atoms with Gasteiger partial charge in [0.1, 0.15) is 0 Å². The Hall–Kier alpha value is -3.11. The molecule has 146 valence electrons. The van der Waals surface area contributed by atoms with E-state index >= 15 is 0 Å². The van der Waals surface area contributed by atoms with Gasteiger partial charge in [-0.3, -0.25) is 9.59 Å². The van der Waals surface area contributed by atoms with Crippen molar-refractivity contribution >= 4 is 29.1 Å². The highest BCUT2D eigenvalue weighted by Crippen LogP contribution is 2.29. The monoisotopic (exact) mass is 404 g/mol. The number of hydrogen-bond acceptors (Lipinski definition) is 2. The zero-order chi connectivity index (χ0) is 20.2. The van der Waals surface area contributed by atoms with Crippen molar-refractivity contribution in [2.75, 3.05) is 11.4 Å². The van der Waals surface area contributed by atoms with E-state index in [0.29, 0.717) is 29.2 Å². The lowest BCUT2D eigenvalue weighted by Crippen LogP contribution is -2.35. The van der Waals surface area contributed by atoms with Crippen LogP contribution in [0, 0.1) is 0 Å². The number of benzene rings is 3. The van der Waals surface area contributed by atoms with Crippen molar-refractivity contribution in [3.8, 4) is 0 Å². The summed E-state index contributed by atoms with van der Waals surface area (Å²) >= 11 is 5.90. The Bertz CT molecular complexity index is 1030. The molecular weight excluding hydrogens is 384 g/mol. The molecule has 3 aromatic rings. The third-order valence-corrected chi connectivity index (χ3v) is 5.34. The minimum Gasteiger partial charge on any atom is -0.348 e. The Morgan fingerprint density at radius 1 is 0.931 bits per heavy atom. The molecule has 4 rings (SSSR count). The summed E-state index contributed by atoms with van der Waals surface area (Å²) in [7, 11) is 0. The van der Waals surface area contributed by atoms with Crippen molar-refractivity contribution in [1.29, 1.82) is 0 Å². The molecule has 0 saturated carbocycles. The fourth-order valence-electron chi connectivity index (χ4n) is 3.57. The second-order valence-electron chi connectivity index (χ2n) is 7.08. The molecule has 0 aromatic heterocycles. The maximum absolute atomic E-state index is 12.9. The highest BCUT2D eigenvalue weighted by Gasteiger charge is 2.24.